The number of hydrogen-bond acceptors (Lipinski definition) is 3. The van der Waals surface area contributed by atoms with Crippen LogP contribution in [0.5, 0.6) is 5.88 Å². The van der Waals surface area contributed by atoms with Crippen molar-refractivity contribution < 1.29 is 4.74 Å². The molecule has 0 aliphatic carbocycles. The number of rotatable bonds is 3. The lowest BCUT2D eigenvalue weighted by atomic mass is 10.2. The molecule has 1 saturated heterocycles. The largest absolute Gasteiger partial charge is 0.472 e. The number of ether oxygens (including phenoxy) is 1. The number of para-hydroxylation sites is 1. The second-order valence-electron chi connectivity index (χ2n) is 5.37. The lowest BCUT2D eigenvalue weighted by molar-refractivity contribution is 0.216. The molecular weight excluding hydrogens is 298 g/mol. The first-order valence-corrected chi connectivity index (χ1v) is 7.55. The highest BCUT2D eigenvalue weighted by molar-refractivity contribution is 6.34. The summed E-state index contributed by atoms with van der Waals surface area (Å²) in [4.78, 5) is 9.96. The predicted molar refractivity (Wildman–Crippen MR) is 87.9 cm³/mol. The van der Waals surface area contributed by atoms with Crippen molar-refractivity contribution in [2.24, 2.45) is 0 Å². The Morgan fingerprint density at radius 1 is 1.36 bits per heavy atom. The van der Waals surface area contributed by atoms with E-state index < -0.39 is 0 Å². The van der Waals surface area contributed by atoms with E-state index in [-0.39, 0.29) is 6.10 Å². The fourth-order valence-electron chi connectivity index (χ4n) is 2.63. The Morgan fingerprint density at radius 3 is 2.95 bits per heavy atom. The molecule has 0 amide bonds. The van der Waals surface area contributed by atoms with Gasteiger partial charge in [0.1, 0.15) is 6.10 Å². The SMILES string of the molecule is [C-]#[N+]c1cccc(Cl)c1N1CC[C@H](Oc2ccc(C)cn2)C1. The highest BCUT2D eigenvalue weighted by Gasteiger charge is 2.27. The molecule has 3 rings (SSSR count). The van der Waals surface area contributed by atoms with Crippen LogP contribution in [0.4, 0.5) is 11.4 Å². The van der Waals surface area contributed by atoms with Crippen molar-refractivity contribution in [2.75, 3.05) is 18.0 Å². The van der Waals surface area contributed by atoms with Gasteiger partial charge in [-0.1, -0.05) is 29.8 Å². The van der Waals surface area contributed by atoms with E-state index in [0.717, 1.165) is 24.2 Å². The molecular formula is C17H16ClN3O. The zero-order valence-corrected chi connectivity index (χ0v) is 13.0. The quantitative estimate of drug-likeness (QED) is 0.793. The fourth-order valence-corrected chi connectivity index (χ4v) is 2.92. The molecule has 0 bridgehead atoms. The van der Waals surface area contributed by atoms with Gasteiger partial charge in [-0.15, -0.1) is 0 Å². The van der Waals surface area contributed by atoms with Crippen LogP contribution >= 0.6 is 11.6 Å². The number of aromatic nitrogens is 1. The first-order chi connectivity index (χ1) is 10.7. The van der Waals surface area contributed by atoms with Crippen LogP contribution in [-0.2, 0) is 0 Å². The van der Waals surface area contributed by atoms with Crippen molar-refractivity contribution in [1.82, 2.24) is 4.98 Å². The Bertz CT molecular complexity index is 709. The van der Waals surface area contributed by atoms with E-state index in [1.54, 1.807) is 18.3 Å². The van der Waals surface area contributed by atoms with Crippen LogP contribution in [0.3, 0.4) is 0 Å². The van der Waals surface area contributed by atoms with E-state index in [2.05, 4.69) is 14.7 Å². The monoisotopic (exact) mass is 313 g/mol. The third kappa shape index (κ3) is 3.00. The third-order valence-corrected chi connectivity index (χ3v) is 4.02. The number of nitrogens with zero attached hydrogens (tertiary/aromatic N) is 3. The number of halogens is 1. The average molecular weight is 314 g/mol. The first kappa shape index (κ1) is 14.7. The van der Waals surface area contributed by atoms with Crippen LogP contribution in [0.2, 0.25) is 5.02 Å². The third-order valence-electron chi connectivity index (χ3n) is 3.72. The molecule has 1 aliphatic heterocycles. The summed E-state index contributed by atoms with van der Waals surface area (Å²) in [7, 11) is 0. The number of anilines is 1. The molecule has 112 valence electrons. The topological polar surface area (TPSA) is 29.7 Å². The molecule has 0 N–H and O–H groups in total. The van der Waals surface area contributed by atoms with E-state index in [1.165, 1.54) is 0 Å². The molecule has 2 aromatic rings. The van der Waals surface area contributed by atoms with Crippen LogP contribution in [0.15, 0.2) is 36.5 Å². The van der Waals surface area contributed by atoms with Crippen molar-refractivity contribution in [2.45, 2.75) is 19.4 Å². The summed E-state index contributed by atoms with van der Waals surface area (Å²) in [5.74, 6) is 0.641. The van der Waals surface area contributed by atoms with Gasteiger partial charge < -0.3 is 9.64 Å². The Morgan fingerprint density at radius 2 is 2.23 bits per heavy atom. The van der Waals surface area contributed by atoms with Gasteiger partial charge in [0.25, 0.3) is 0 Å². The van der Waals surface area contributed by atoms with Crippen LogP contribution in [0.1, 0.15) is 12.0 Å². The van der Waals surface area contributed by atoms with Crippen LogP contribution < -0.4 is 9.64 Å². The van der Waals surface area contributed by atoms with Gasteiger partial charge in [-0.3, -0.25) is 0 Å². The molecule has 0 radical (unpaired) electrons. The molecule has 5 heteroatoms. The molecule has 0 saturated carbocycles. The number of aryl methyl sites for hydroxylation is 1. The number of hydrogen-bond donors (Lipinski definition) is 0. The highest BCUT2D eigenvalue weighted by Crippen LogP contribution is 2.38. The van der Waals surface area contributed by atoms with Gasteiger partial charge in [0.2, 0.25) is 11.6 Å². The predicted octanol–water partition coefficient (Wildman–Crippen LogP) is 4.25. The van der Waals surface area contributed by atoms with Crippen molar-refractivity contribution in [3.8, 4) is 5.88 Å². The van der Waals surface area contributed by atoms with Gasteiger partial charge in [0.15, 0.2) is 0 Å². The maximum absolute atomic E-state index is 7.29. The van der Waals surface area contributed by atoms with Gasteiger partial charge in [0.05, 0.1) is 23.8 Å². The molecule has 1 aromatic carbocycles. The summed E-state index contributed by atoms with van der Waals surface area (Å²) in [5.41, 5.74) is 2.50. The Kier molecular flexibility index (Phi) is 4.17. The second-order valence-corrected chi connectivity index (χ2v) is 5.77. The van der Waals surface area contributed by atoms with Gasteiger partial charge in [0, 0.05) is 25.2 Å². The summed E-state index contributed by atoms with van der Waals surface area (Å²) in [6.07, 6.45) is 2.75. The van der Waals surface area contributed by atoms with Gasteiger partial charge in [-0.25, -0.2) is 9.83 Å². The Hall–Kier alpha value is -2.25. The summed E-state index contributed by atoms with van der Waals surface area (Å²) in [6.45, 7) is 10.8. The average Bonchev–Trinajstić information content (AvgIpc) is 2.97. The van der Waals surface area contributed by atoms with Crippen LogP contribution in [-0.4, -0.2) is 24.2 Å². The van der Waals surface area contributed by atoms with Crippen molar-refractivity contribution in [1.29, 1.82) is 0 Å². The van der Waals surface area contributed by atoms with E-state index in [9.17, 15) is 0 Å². The van der Waals surface area contributed by atoms with Crippen molar-refractivity contribution >= 4 is 23.0 Å². The molecule has 0 spiro atoms. The minimum Gasteiger partial charge on any atom is -0.472 e. The van der Waals surface area contributed by atoms with Crippen molar-refractivity contribution in [3.63, 3.8) is 0 Å². The van der Waals surface area contributed by atoms with E-state index >= 15 is 0 Å². The standard InChI is InChI=1S/C17H16ClN3O/c1-12-6-7-16(20-10-12)22-13-8-9-21(11-13)17-14(18)4-3-5-15(17)19-2/h3-7,10,13H,8-9,11H2,1H3/t13-/m0/s1. The minimum absolute atomic E-state index is 0.0602. The second kappa shape index (κ2) is 6.25. The molecule has 1 atom stereocenters. The summed E-state index contributed by atoms with van der Waals surface area (Å²) < 4.78 is 5.92. The smallest absolute Gasteiger partial charge is 0.213 e. The molecule has 1 aromatic heterocycles. The van der Waals surface area contributed by atoms with Crippen LogP contribution in [0, 0.1) is 13.5 Å². The highest BCUT2D eigenvalue weighted by atomic mass is 35.5. The number of benzene rings is 1. The molecule has 0 unspecified atom stereocenters. The van der Waals surface area contributed by atoms with E-state index in [0.29, 0.717) is 23.1 Å². The van der Waals surface area contributed by atoms with E-state index in [1.807, 2.05) is 25.1 Å². The molecule has 1 aliphatic rings. The van der Waals surface area contributed by atoms with Gasteiger partial charge >= 0.3 is 0 Å². The summed E-state index contributed by atoms with van der Waals surface area (Å²) >= 11 is 6.28. The van der Waals surface area contributed by atoms with Gasteiger partial charge in [-0.05, 0) is 18.6 Å². The number of pyridine rings is 1. The minimum atomic E-state index is 0.0602. The molecule has 2 heterocycles. The normalized spacial score (nSPS) is 17.3. The zero-order valence-electron chi connectivity index (χ0n) is 12.3. The van der Waals surface area contributed by atoms with Crippen LogP contribution in [0.25, 0.3) is 4.85 Å². The summed E-state index contributed by atoms with van der Waals surface area (Å²) in [6, 6.07) is 9.29. The van der Waals surface area contributed by atoms with Crippen molar-refractivity contribution in [3.05, 3.63) is 58.5 Å². The Balaban J connectivity index is 1.73. The first-order valence-electron chi connectivity index (χ1n) is 7.17. The van der Waals surface area contributed by atoms with Gasteiger partial charge in [-0.2, -0.15) is 0 Å². The fraction of sp³-hybridized carbons (Fsp3) is 0.294. The molecule has 1 fully saturated rings. The lowest BCUT2D eigenvalue weighted by Crippen LogP contribution is -2.25. The Labute approximate surface area is 135 Å². The molecule has 4 nitrogen and oxygen atoms in total. The lowest BCUT2D eigenvalue weighted by Gasteiger charge is -2.21. The summed E-state index contributed by atoms with van der Waals surface area (Å²) in [5, 5.41) is 0.614. The molecule has 22 heavy (non-hydrogen) atoms. The maximum Gasteiger partial charge on any atom is 0.213 e. The maximum atomic E-state index is 7.29. The zero-order chi connectivity index (χ0) is 15.5. The van der Waals surface area contributed by atoms with E-state index in [4.69, 9.17) is 22.9 Å².